The Balaban J connectivity index is 3.88. The van der Waals surface area contributed by atoms with Crippen molar-refractivity contribution < 1.29 is 0 Å². The summed E-state index contributed by atoms with van der Waals surface area (Å²) in [6, 6.07) is 0. The molecular formula is C11H24NP. The van der Waals surface area contributed by atoms with Crippen LogP contribution < -0.4 is 0 Å². The molecule has 0 fully saturated rings. The molecule has 0 radical (unpaired) electrons. The number of hydrogen-bond acceptors (Lipinski definition) is 1. The molecular weight excluding hydrogens is 177 g/mol. The van der Waals surface area contributed by atoms with Crippen LogP contribution in [0.15, 0.2) is 0 Å². The second kappa shape index (κ2) is 7.53. The molecule has 0 aliphatic heterocycles. The van der Waals surface area contributed by atoms with Crippen molar-refractivity contribution in [3.63, 3.8) is 0 Å². The topological polar surface area (TPSA) is 3.24 Å². The highest BCUT2D eigenvalue weighted by Crippen LogP contribution is 2.19. The molecule has 0 bridgehead atoms. The average molecular weight is 201 g/mol. The third-order valence-corrected chi connectivity index (χ3v) is 3.70. The molecule has 1 nitrogen and oxygen atoms in total. The Labute approximate surface area is 85.3 Å². The lowest BCUT2D eigenvalue weighted by Gasteiger charge is -2.21. The van der Waals surface area contributed by atoms with Gasteiger partial charge >= 0.3 is 0 Å². The van der Waals surface area contributed by atoms with E-state index in [0.717, 1.165) is 11.7 Å². The van der Waals surface area contributed by atoms with E-state index in [9.17, 15) is 0 Å². The first kappa shape index (κ1) is 13.1. The van der Waals surface area contributed by atoms with Crippen molar-refractivity contribution in [3.05, 3.63) is 0 Å². The second-order valence-electron chi connectivity index (χ2n) is 4.16. The van der Waals surface area contributed by atoms with Crippen LogP contribution in [0, 0.1) is 5.92 Å². The van der Waals surface area contributed by atoms with Gasteiger partial charge in [0.15, 0.2) is 0 Å². The standard InChI is InChI=1S/C11H24NP/c1-6-9-13-11(12(4)5)8-7-10(2)3/h9-11H,6-8H2,1-5H3. The van der Waals surface area contributed by atoms with Crippen molar-refractivity contribution in [1.82, 2.24) is 4.90 Å². The van der Waals surface area contributed by atoms with Crippen LogP contribution in [0.2, 0.25) is 0 Å². The zero-order valence-electron chi connectivity index (χ0n) is 9.75. The van der Waals surface area contributed by atoms with Crippen LogP contribution in [0.1, 0.15) is 40.0 Å². The van der Waals surface area contributed by atoms with Crippen LogP contribution in [0.4, 0.5) is 0 Å². The Bertz CT molecular complexity index is 141. The maximum absolute atomic E-state index is 2.37. The second-order valence-corrected chi connectivity index (χ2v) is 5.41. The van der Waals surface area contributed by atoms with Gasteiger partial charge in [0.05, 0.1) is 5.78 Å². The van der Waals surface area contributed by atoms with Crippen LogP contribution in [0.5, 0.6) is 0 Å². The molecule has 0 aliphatic carbocycles. The van der Waals surface area contributed by atoms with Gasteiger partial charge in [0, 0.05) is 0 Å². The van der Waals surface area contributed by atoms with Gasteiger partial charge in [-0.25, -0.2) is 0 Å². The minimum absolute atomic E-state index is 0.724. The SMILES string of the molecule is CCC=PC(CCC(C)C)N(C)C. The van der Waals surface area contributed by atoms with E-state index in [1.165, 1.54) is 27.5 Å². The molecule has 0 aromatic rings. The van der Waals surface area contributed by atoms with E-state index in [1.54, 1.807) is 0 Å². The van der Waals surface area contributed by atoms with Crippen molar-refractivity contribution in [1.29, 1.82) is 0 Å². The van der Waals surface area contributed by atoms with E-state index in [4.69, 9.17) is 0 Å². The molecule has 0 saturated carbocycles. The number of hydrogen-bond donors (Lipinski definition) is 0. The highest BCUT2D eigenvalue weighted by atomic mass is 31.1. The summed E-state index contributed by atoms with van der Waals surface area (Å²) < 4.78 is 0. The predicted octanol–water partition coefficient (Wildman–Crippen LogP) is 3.47. The fraction of sp³-hybridized carbons (Fsp3) is 0.909. The molecule has 0 aromatic carbocycles. The zero-order chi connectivity index (χ0) is 10.3. The predicted molar refractivity (Wildman–Crippen MR) is 64.8 cm³/mol. The van der Waals surface area contributed by atoms with Gasteiger partial charge in [0.1, 0.15) is 0 Å². The smallest absolute Gasteiger partial charge is 0.0509 e. The molecule has 2 heteroatoms. The third-order valence-electron chi connectivity index (χ3n) is 2.06. The van der Waals surface area contributed by atoms with Gasteiger partial charge in [0.25, 0.3) is 0 Å². The fourth-order valence-corrected chi connectivity index (χ4v) is 2.19. The normalized spacial score (nSPS) is 14.7. The Hall–Kier alpha value is 0.130. The number of nitrogens with zero attached hydrogens (tertiary/aromatic N) is 1. The van der Waals surface area contributed by atoms with E-state index in [1.807, 2.05) is 0 Å². The molecule has 0 aliphatic rings. The van der Waals surface area contributed by atoms with Crippen molar-refractivity contribution in [2.45, 2.75) is 45.8 Å². The number of rotatable bonds is 6. The van der Waals surface area contributed by atoms with E-state index >= 15 is 0 Å². The Morgan fingerprint density at radius 1 is 1.23 bits per heavy atom. The van der Waals surface area contributed by atoms with Gasteiger partial charge in [-0.1, -0.05) is 34.8 Å². The monoisotopic (exact) mass is 201 g/mol. The first-order valence-electron chi connectivity index (χ1n) is 5.26. The Morgan fingerprint density at radius 2 is 1.85 bits per heavy atom. The van der Waals surface area contributed by atoms with Crippen molar-refractivity contribution in [2.75, 3.05) is 14.1 Å². The third kappa shape index (κ3) is 7.22. The van der Waals surface area contributed by atoms with Gasteiger partial charge in [-0.15, -0.1) is 0 Å². The Morgan fingerprint density at radius 3 is 2.23 bits per heavy atom. The summed E-state index contributed by atoms with van der Waals surface area (Å²) in [5, 5.41) is 0. The summed E-state index contributed by atoms with van der Waals surface area (Å²) in [5.41, 5.74) is 0. The van der Waals surface area contributed by atoms with Gasteiger partial charge in [0.2, 0.25) is 0 Å². The van der Waals surface area contributed by atoms with Gasteiger partial charge in [-0.05, 0) is 39.3 Å². The van der Waals surface area contributed by atoms with Crippen LogP contribution in [0.3, 0.4) is 0 Å². The van der Waals surface area contributed by atoms with Gasteiger partial charge in [-0.2, -0.15) is 0 Å². The first-order chi connectivity index (χ1) is 6.07. The van der Waals surface area contributed by atoms with Crippen molar-refractivity contribution in [2.24, 2.45) is 5.92 Å². The lowest BCUT2D eigenvalue weighted by Crippen LogP contribution is -2.22. The van der Waals surface area contributed by atoms with Crippen LogP contribution in [-0.4, -0.2) is 30.6 Å². The highest BCUT2D eigenvalue weighted by molar-refractivity contribution is 7.39. The summed E-state index contributed by atoms with van der Waals surface area (Å²) in [5.74, 6) is 3.92. The summed E-state index contributed by atoms with van der Waals surface area (Å²) in [7, 11) is 5.85. The van der Waals surface area contributed by atoms with E-state index in [-0.39, 0.29) is 0 Å². The van der Waals surface area contributed by atoms with Crippen molar-refractivity contribution >= 4 is 14.0 Å². The molecule has 13 heavy (non-hydrogen) atoms. The maximum atomic E-state index is 2.37. The van der Waals surface area contributed by atoms with Crippen LogP contribution >= 0.6 is 8.20 Å². The minimum atomic E-state index is 0.724. The largest absolute Gasteiger partial charge is 0.299 e. The quantitative estimate of drug-likeness (QED) is 0.595. The fourth-order valence-electron chi connectivity index (χ4n) is 1.18. The summed E-state index contributed by atoms with van der Waals surface area (Å²) in [4.78, 5) is 2.34. The Kier molecular flexibility index (Phi) is 7.60. The molecule has 0 heterocycles. The summed E-state index contributed by atoms with van der Waals surface area (Å²) in [6.07, 6.45) is 3.85. The van der Waals surface area contributed by atoms with Crippen molar-refractivity contribution in [3.8, 4) is 0 Å². The van der Waals surface area contributed by atoms with Crippen LogP contribution in [0.25, 0.3) is 0 Å². The molecule has 0 aromatic heterocycles. The minimum Gasteiger partial charge on any atom is -0.299 e. The maximum Gasteiger partial charge on any atom is 0.0509 e. The first-order valence-corrected chi connectivity index (χ1v) is 6.29. The van der Waals surface area contributed by atoms with E-state index in [2.05, 4.69) is 45.6 Å². The lowest BCUT2D eigenvalue weighted by molar-refractivity contribution is 0.347. The zero-order valence-corrected chi connectivity index (χ0v) is 10.6. The van der Waals surface area contributed by atoms with E-state index in [0.29, 0.717) is 0 Å². The van der Waals surface area contributed by atoms with Gasteiger partial charge < -0.3 is 0 Å². The molecule has 0 spiro atoms. The molecule has 78 valence electrons. The summed E-state index contributed by atoms with van der Waals surface area (Å²) in [6.45, 7) is 6.81. The molecule has 1 atom stereocenters. The van der Waals surface area contributed by atoms with Crippen LogP contribution in [-0.2, 0) is 0 Å². The lowest BCUT2D eigenvalue weighted by atomic mass is 10.1. The molecule has 0 N–H and O–H groups in total. The average Bonchev–Trinajstić information content (AvgIpc) is 2.03. The molecule has 0 amide bonds. The molecule has 0 saturated heterocycles. The summed E-state index contributed by atoms with van der Waals surface area (Å²) >= 11 is 0. The van der Waals surface area contributed by atoms with E-state index < -0.39 is 0 Å². The highest BCUT2D eigenvalue weighted by Gasteiger charge is 2.08. The molecule has 0 rings (SSSR count). The van der Waals surface area contributed by atoms with Gasteiger partial charge in [-0.3, -0.25) is 4.90 Å². The molecule has 1 unspecified atom stereocenters.